The number of thiazole rings is 1. The maximum Gasteiger partial charge on any atom is 0.410 e. The molecule has 158 valence electrons. The highest BCUT2D eigenvalue weighted by Gasteiger charge is 2.27. The minimum absolute atomic E-state index is 0.215. The fourth-order valence-corrected chi connectivity index (χ4v) is 3.92. The van der Waals surface area contributed by atoms with Gasteiger partial charge in [-0.1, -0.05) is 0 Å². The molecule has 1 aliphatic rings. The van der Waals surface area contributed by atoms with Gasteiger partial charge >= 0.3 is 6.09 Å². The lowest BCUT2D eigenvalue weighted by Gasteiger charge is -2.34. The standard InChI is InChI=1S/C20H35N5O2S/c1-7-21-18(23-12-17-24-14(2)15(3)28-17)22-11-16-9-8-10-25(13-16)19(26)27-20(4,5)6/h16H,7-13H2,1-6H3,(H2,21,22,23). The number of hydrogen-bond donors (Lipinski definition) is 2. The summed E-state index contributed by atoms with van der Waals surface area (Å²) < 4.78 is 5.51. The predicted octanol–water partition coefficient (Wildman–Crippen LogP) is 3.46. The van der Waals surface area contributed by atoms with Crippen LogP contribution in [0.25, 0.3) is 0 Å². The van der Waals surface area contributed by atoms with Crippen LogP contribution in [0.2, 0.25) is 0 Å². The molecular formula is C20H35N5O2S. The molecule has 28 heavy (non-hydrogen) atoms. The second-order valence-electron chi connectivity index (χ2n) is 8.26. The van der Waals surface area contributed by atoms with Crippen molar-refractivity contribution in [3.8, 4) is 0 Å². The van der Waals surface area contributed by atoms with E-state index < -0.39 is 5.60 Å². The number of piperidine rings is 1. The molecule has 1 aromatic rings. The third kappa shape index (κ3) is 7.30. The number of nitrogens with zero attached hydrogens (tertiary/aromatic N) is 3. The first kappa shape index (κ1) is 22.5. The maximum atomic E-state index is 12.3. The molecule has 2 heterocycles. The molecule has 0 aromatic carbocycles. The van der Waals surface area contributed by atoms with Crippen LogP contribution in [0.15, 0.2) is 4.99 Å². The second kappa shape index (κ2) is 10.1. The Labute approximate surface area is 173 Å². The molecule has 2 rings (SSSR count). The van der Waals surface area contributed by atoms with Crippen LogP contribution in [-0.2, 0) is 11.3 Å². The van der Waals surface area contributed by atoms with Gasteiger partial charge in [0.25, 0.3) is 0 Å². The van der Waals surface area contributed by atoms with Gasteiger partial charge in [-0.15, -0.1) is 11.3 Å². The number of aromatic nitrogens is 1. The first-order chi connectivity index (χ1) is 13.2. The monoisotopic (exact) mass is 409 g/mol. The number of nitrogens with one attached hydrogen (secondary N) is 2. The summed E-state index contributed by atoms with van der Waals surface area (Å²) in [6.45, 7) is 15.5. The molecule has 8 heteroatoms. The first-order valence-electron chi connectivity index (χ1n) is 10.1. The van der Waals surface area contributed by atoms with Crippen LogP contribution < -0.4 is 10.6 Å². The number of likely N-dealkylation sites (tertiary alicyclic amines) is 1. The third-order valence-electron chi connectivity index (χ3n) is 4.52. The summed E-state index contributed by atoms with van der Waals surface area (Å²) >= 11 is 1.70. The molecule has 2 N–H and O–H groups in total. The zero-order valence-corrected chi connectivity index (χ0v) is 18.9. The van der Waals surface area contributed by atoms with Crippen molar-refractivity contribution >= 4 is 23.4 Å². The fraction of sp³-hybridized carbons (Fsp3) is 0.750. The molecule has 7 nitrogen and oxygen atoms in total. The topological polar surface area (TPSA) is 78.9 Å². The van der Waals surface area contributed by atoms with E-state index in [2.05, 4.69) is 34.5 Å². The van der Waals surface area contributed by atoms with Gasteiger partial charge in [0.1, 0.15) is 10.6 Å². The highest BCUT2D eigenvalue weighted by molar-refractivity contribution is 7.11. The van der Waals surface area contributed by atoms with Crippen LogP contribution in [0, 0.1) is 19.8 Å². The van der Waals surface area contributed by atoms with Crippen molar-refractivity contribution in [1.29, 1.82) is 0 Å². The average Bonchev–Trinajstić information content (AvgIpc) is 2.94. The Balaban J connectivity index is 1.87. The van der Waals surface area contributed by atoms with Crippen molar-refractivity contribution in [3.05, 3.63) is 15.6 Å². The zero-order valence-electron chi connectivity index (χ0n) is 18.1. The number of rotatable bonds is 5. The van der Waals surface area contributed by atoms with Crippen molar-refractivity contribution < 1.29 is 9.53 Å². The lowest BCUT2D eigenvalue weighted by molar-refractivity contribution is 0.0168. The molecule has 0 saturated carbocycles. The lowest BCUT2D eigenvalue weighted by atomic mass is 9.98. The van der Waals surface area contributed by atoms with Crippen LogP contribution in [0.5, 0.6) is 0 Å². The molecule has 0 bridgehead atoms. The van der Waals surface area contributed by atoms with Gasteiger partial charge in [-0.2, -0.15) is 0 Å². The Hall–Kier alpha value is -1.83. The number of amides is 1. The fourth-order valence-electron chi connectivity index (χ4n) is 3.06. The van der Waals surface area contributed by atoms with Gasteiger partial charge in [0.05, 0.1) is 12.2 Å². The summed E-state index contributed by atoms with van der Waals surface area (Å²) in [7, 11) is 0. The molecule has 1 amide bonds. The first-order valence-corrected chi connectivity index (χ1v) is 10.9. The zero-order chi connectivity index (χ0) is 20.7. The highest BCUT2D eigenvalue weighted by Crippen LogP contribution is 2.19. The molecule has 0 aliphatic carbocycles. The average molecular weight is 410 g/mol. The van der Waals surface area contributed by atoms with Crippen molar-refractivity contribution in [2.24, 2.45) is 10.9 Å². The van der Waals surface area contributed by atoms with Gasteiger partial charge in [-0.25, -0.2) is 14.8 Å². The normalized spacial score (nSPS) is 18.1. The molecule has 1 unspecified atom stereocenters. The summed E-state index contributed by atoms with van der Waals surface area (Å²) in [5, 5.41) is 7.74. The van der Waals surface area contributed by atoms with E-state index in [1.807, 2.05) is 32.6 Å². The number of aryl methyl sites for hydroxylation is 2. The summed E-state index contributed by atoms with van der Waals surface area (Å²) in [6, 6.07) is 0. The third-order valence-corrected chi connectivity index (χ3v) is 5.58. The van der Waals surface area contributed by atoms with Gasteiger partial charge < -0.3 is 20.3 Å². The van der Waals surface area contributed by atoms with Crippen molar-refractivity contribution in [2.75, 3.05) is 26.2 Å². The van der Waals surface area contributed by atoms with Crippen molar-refractivity contribution in [3.63, 3.8) is 0 Å². The quantitative estimate of drug-likeness (QED) is 0.575. The van der Waals surface area contributed by atoms with E-state index in [0.29, 0.717) is 19.0 Å². The van der Waals surface area contributed by atoms with E-state index in [0.717, 1.165) is 49.1 Å². The van der Waals surface area contributed by atoms with Crippen LogP contribution in [-0.4, -0.2) is 53.7 Å². The van der Waals surface area contributed by atoms with Gasteiger partial charge in [-0.3, -0.25) is 0 Å². The number of aliphatic imine (C=N–C) groups is 1. The minimum Gasteiger partial charge on any atom is -0.444 e. The second-order valence-corrected chi connectivity index (χ2v) is 9.55. The smallest absolute Gasteiger partial charge is 0.410 e. The molecule has 1 fully saturated rings. The van der Waals surface area contributed by atoms with Crippen molar-refractivity contribution in [2.45, 2.75) is 66.5 Å². The summed E-state index contributed by atoms with van der Waals surface area (Å²) in [6.07, 6.45) is 1.88. The molecule has 0 spiro atoms. The summed E-state index contributed by atoms with van der Waals surface area (Å²) in [5.41, 5.74) is 0.622. The molecule has 1 aromatic heterocycles. The Morgan fingerprint density at radius 3 is 2.71 bits per heavy atom. The van der Waals surface area contributed by atoms with Gasteiger partial charge in [0, 0.05) is 31.1 Å². The van der Waals surface area contributed by atoms with Crippen LogP contribution in [0.4, 0.5) is 4.79 Å². The molecule has 1 saturated heterocycles. The SMILES string of the molecule is CCNC(=NCc1nc(C)c(C)s1)NCC1CCCN(C(=O)OC(C)(C)C)C1. The lowest BCUT2D eigenvalue weighted by Crippen LogP contribution is -2.47. The van der Waals surface area contributed by atoms with E-state index in [1.165, 1.54) is 4.88 Å². The molecular weight excluding hydrogens is 374 g/mol. The van der Waals surface area contributed by atoms with E-state index in [9.17, 15) is 4.79 Å². The van der Waals surface area contributed by atoms with Gasteiger partial charge in [-0.05, 0) is 60.3 Å². The van der Waals surface area contributed by atoms with Gasteiger partial charge in [0.2, 0.25) is 0 Å². The van der Waals surface area contributed by atoms with E-state index in [-0.39, 0.29) is 6.09 Å². The maximum absolute atomic E-state index is 12.3. The van der Waals surface area contributed by atoms with Crippen LogP contribution in [0.3, 0.4) is 0 Å². The van der Waals surface area contributed by atoms with E-state index in [1.54, 1.807) is 11.3 Å². The predicted molar refractivity (Wildman–Crippen MR) is 115 cm³/mol. The number of carbonyl (C=O) groups is 1. The molecule has 1 atom stereocenters. The van der Waals surface area contributed by atoms with E-state index in [4.69, 9.17) is 4.74 Å². The Morgan fingerprint density at radius 1 is 1.36 bits per heavy atom. The largest absolute Gasteiger partial charge is 0.444 e. The Morgan fingerprint density at radius 2 is 2.11 bits per heavy atom. The Kier molecular flexibility index (Phi) is 8.10. The van der Waals surface area contributed by atoms with E-state index >= 15 is 0 Å². The number of carbonyl (C=O) groups excluding carboxylic acids is 1. The number of guanidine groups is 1. The Bertz CT molecular complexity index is 661. The van der Waals surface area contributed by atoms with Crippen molar-refractivity contribution in [1.82, 2.24) is 20.5 Å². The van der Waals surface area contributed by atoms with Crippen LogP contribution in [0.1, 0.15) is 56.1 Å². The van der Waals surface area contributed by atoms with Gasteiger partial charge in [0.15, 0.2) is 5.96 Å². The molecule has 1 aliphatic heterocycles. The minimum atomic E-state index is -0.459. The highest BCUT2D eigenvalue weighted by atomic mass is 32.1. The number of ether oxygens (including phenoxy) is 1. The summed E-state index contributed by atoms with van der Waals surface area (Å²) in [4.78, 5) is 24.6. The number of hydrogen-bond acceptors (Lipinski definition) is 5. The van der Waals surface area contributed by atoms with Crippen LogP contribution >= 0.6 is 11.3 Å². The summed E-state index contributed by atoms with van der Waals surface area (Å²) in [5.74, 6) is 1.18. The molecule has 0 radical (unpaired) electrons.